The average Bonchev–Trinajstić information content (AvgIpc) is 2.72. The monoisotopic (exact) mass is 393 g/mol. The molecule has 2 atom stereocenters. The van der Waals surface area contributed by atoms with Crippen LogP contribution in [-0.2, 0) is 20.7 Å². The van der Waals surface area contributed by atoms with Crippen molar-refractivity contribution in [2.24, 2.45) is 11.8 Å². The van der Waals surface area contributed by atoms with Crippen LogP contribution in [0.15, 0.2) is 24.3 Å². The number of halogens is 1. The minimum atomic E-state index is -0.149. The quantitative estimate of drug-likeness (QED) is 0.718. The molecule has 2 N–H and O–H groups in total. The van der Waals surface area contributed by atoms with Crippen molar-refractivity contribution in [3.8, 4) is 0 Å². The fourth-order valence-corrected chi connectivity index (χ4v) is 3.80. The van der Waals surface area contributed by atoms with Crippen molar-refractivity contribution in [3.05, 3.63) is 34.9 Å². The number of carbonyl (C=O) groups is 2. The van der Waals surface area contributed by atoms with Crippen molar-refractivity contribution >= 4 is 23.4 Å². The van der Waals surface area contributed by atoms with E-state index in [1.807, 2.05) is 29.2 Å². The number of rotatable bonds is 6. The first-order valence-corrected chi connectivity index (χ1v) is 10.1. The minimum Gasteiger partial charge on any atom is -0.378 e. The van der Waals surface area contributed by atoms with Crippen molar-refractivity contribution in [1.29, 1.82) is 0 Å². The van der Waals surface area contributed by atoms with Gasteiger partial charge in [-0.25, -0.2) is 0 Å². The van der Waals surface area contributed by atoms with E-state index in [2.05, 4.69) is 10.6 Å². The highest BCUT2D eigenvalue weighted by Crippen LogP contribution is 2.20. The summed E-state index contributed by atoms with van der Waals surface area (Å²) in [6.45, 7) is 4.42. The highest BCUT2D eigenvalue weighted by atomic mass is 35.5. The number of carbonyl (C=O) groups excluding carboxylic acids is 2. The number of hydrogen-bond donors (Lipinski definition) is 2. The van der Waals surface area contributed by atoms with E-state index in [1.165, 1.54) is 5.56 Å². The predicted molar refractivity (Wildman–Crippen MR) is 105 cm³/mol. The lowest BCUT2D eigenvalue weighted by atomic mass is 9.88. The van der Waals surface area contributed by atoms with Crippen LogP contribution in [0, 0.1) is 11.8 Å². The number of aryl methyl sites for hydroxylation is 1. The lowest BCUT2D eigenvalue weighted by molar-refractivity contribution is -0.141. The molecule has 0 aliphatic carbocycles. The molecule has 2 heterocycles. The molecule has 2 fully saturated rings. The van der Waals surface area contributed by atoms with Crippen molar-refractivity contribution < 1.29 is 14.3 Å². The van der Waals surface area contributed by atoms with Gasteiger partial charge in [0.25, 0.3) is 0 Å². The Bertz CT molecular complexity index is 632. The Balaban J connectivity index is 1.40. The van der Waals surface area contributed by atoms with Gasteiger partial charge in [0, 0.05) is 37.7 Å². The average molecular weight is 394 g/mol. The Kier molecular flexibility index (Phi) is 7.50. The van der Waals surface area contributed by atoms with Crippen LogP contribution in [0.25, 0.3) is 0 Å². The molecule has 1 aromatic rings. The van der Waals surface area contributed by atoms with E-state index < -0.39 is 0 Å². The molecule has 27 heavy (non-hydrogen) atoms. The molecule has 0 aromatic heterocycles. The van der Waals surface area contributed by atoms with Gasteiger partial charge >= 0.3 is 0 Å². The lowest BCUT2D eigenvalue weighted by Crippen LogP contribution is -2.51. The number of hydrogen-bond acceptors (Lipinski definition) is 4. The predicted octanol–water partition coefficient (Wildman–Crippen LogP) is 1.47. The van der Waals surface area contributed by atoms with E-state index in [1.54, 1.807) is 0 Å². The summed E-state index contributed by atoms with van der Waals surface area (Å²) in [6, 6.07) is 7.79. The van der Waals surface area contributed by atoms with Gasteiger partial charge in [-0.15, -0.1) is 0 Å². The summed E-state index contributed by atoms with van der Waals surface area (Å²) < 4.78 is 5.31. The summed E-state index contributed by atoms with van der Waals surface area (Å²) in [5.41, 5.74) is 1.21. The van der Waals surface area contributed by atoms with Crippen LogP contribution in [-0.4, -0.2) is 62.7 Å². The molecule has 2 aliphatic heterocycles. The molecular weight excluding hydrogens is 366 g/mol. The zero-order valence-electron chi connectivity index (χ0n) is 15.6. The maximum Gasteiger partial charge on any atom is 0.227 e. The smallest absolute Gasteiger partial charge is 0.227 e. The maximum absolute atomic E-state index is 12.7. The maximum atomic E-state index is 12.7. The molecule has 2 saturated heterocycles. The number of ether oxygens (including phenoxy) is 1. The van der Waals surface area contributed by atoms with Crippen LogP contribution in [0.1, 0.15) is 18.4 Å². The van der Waals surface area contributed by atoms with Crippen molar-refractivity contribution in [2.75, 3.05) is 45.9 Å². The van der Waals surface area contributed by atoms with Crippen molar-refractivity contribution in [1.82, 2.24) is 15.5 Å². The minimum absolute atomic E-state index is 0.0399. The number of nitrogens with zero attached hydrogens (tertiary/aromatic N) is 1. The Labute approximate surface area is 165 Å². The molecule has 3 rings (SSSR count). The first-order chi connectivity index (χ1) is 13.1. The Morgan fingerprint density at radius 3 is 2.59 bits per heavy atom. The number of morpholine rings is 1. The molecule has 0 saturated carbocycles. The summed E-state index contributed by atoms with van der Waals surface area (Å²) >= 11 is 5.89. The molecule has 2 amide bonds. The molecule has 2 unspecified atom stereocenters. The second-order valence-corrected chi connectivity index (χ2v) is 7.68. The molecule has 6 nitrogen and oxygen atoms in total. The van der Waals surface area contributed by atoms with Gasteiger partial charge in [-0.1, -0.05) is 23.7 Å². The van der Waals surface area contributed by atoms with Gasteiger partial charge in [0.15, 0.2) is 0 Å². The summed E-state index contributed by atoms with van der Waals surface area (Å²) in [6.07, 6.45) is 2.40. The Morgan fingerprint density at radius 2 is 1.85 bits per heavy atom. The lowest BCUT2D eigenvalue weighted by Gasteiger charge is -2.34. The molecule has 0 spiro atoms. The number of benzene rings is 1. The molecule has 0 radical (unpaired) electrons. The third-order valence-corrected chi connectivity index (χ3v) is 5.50. The second-order valence-electron chi connectivity index (χ2n) is 7.25. The van der Waals surface area contributed by atoms with Gasteiger partial charge in [-0.3, -0.25) is 9.59 Å². The highest BCUT2D eigenvalue weighted by molar-refractivity contribution is 6.30. The van der Waals surface area contributed by atoms with Gasteiger partial charge in [0.2, 0.25) is 11.8 Å². The van der Waals surface area contributed by atoms with Crippen LogP contribution < -0.4 is 10.6 Å². The van der Waals surface area contributed by atoms with E-state index in [9.17, 15) is 9.59 Å². The Morgan fingerprint density at radius 1 is 1.15 bits per heavy atom. The first-order valence-electron chi connectivity index (χ1n) is 9.73. The van der Waals surface area contributed by atoms with E-state index in [-0.39, 0.29) is 23.7 Å². The van der Waals surface area contributed by atoms with Crippen molar-refractivity contribution in [2.45, 2.75) is 19.3 Å². The number of piperidine rings is 1. The SMILES string of the molecule is O=C(NCCCc1ccc(Cl)cc1)C1CNCC(C(=O)N2CCOCC2)C1. The highest BCUT2D eigenvalue weighted by Gasteiger charge is 2.33. The first kappa shape index (κ1) is 20.1. The standard InChI is InChI=1S/C20H28ClN3O3/c21-18-5-3-15(4-6-18)2-1-7-23-19(25)16-12-17(14-22-13-16)20(26)24-8-10-27-11-9-24/h3-6,16-17,22H,1-2,7-14H2,(H,23,25). The van der Waals surface area contributed by atoms with Crippen LogP contribution in [0.5, 0.6) is 0 Å². The van der Waals surface area contributed by atoms with Gasteiger partial charge < -0.3 is 20.3 Å². The van der Waals surface area contributed by atoms with Crippen LogP contribution in [0.3, 0.4) is 0 Å². The molecule has 2 aliphatic rings. The molecule has 7 heteroatoms. The van der Waals surface area contributed by atoms with Crippen LogP contribution in [0.2, 0.25) is 5.02 Å². The van der Waals surface area contributed by atoms with E-state index in [4.69, 9.17) is 16.3 Å². The van der Waals surface area contributed by atoms with E-state index in [0.29, 0.717) is 52.4 Å². The van der Waals surface area contributed by atoms with Gasteiger partial charge in [-0.2, -0.15) is 0 Å². The topological polar surface area (TPSA) is 70.7 Å². The number of nitrogens with one attached hydrogen (secondary N) is 2. The molecule has 1 aromatic carbocycles. The third kappa shape index (κ3) is 5.92. The normalized spacial score (nSPS) is 23.1. The molecule has 148 valence electrons. The summed E-state index contributed by atoms with van der Waals surface area (Å²) in [7, 11) is 0. The van der Waals surface area contributed by atoms with Crippen molar-refractivity contribution in [3.63, 3.8) is 0 Å². The fourth-order valence-electron chi connectivity index (χ4n) is 3.67. The third-order valence-electron chi connectivity index (χ3n) is 5.25. The fraction of sp³-hybridized carbons (Fsp3) is 0.600. The number of amides is 2. The zero-order valence-corrected chi connectivity index (χ0v) is 16.3. The summed E-state index contributed by atoms with van der Waals surface area (Å²) in [5, 5.41) is 7.01. The molecule has 0 bridgehead atoms. The summed E-state index contributed by atoms with van der Waals surface area (Å²) in [4.78, 5) is 27.0. The van der Waals surface area contributed by atoms with Gasteiger partial charge in [-0.05, 0) is 37.0 Å². The zero-order chi connectivity index (χ0) is 19.1. The molecular formula is C20H28ClN3O3. The second kappa shape index (κ2) is 10.1. The Hall–Kier alpha value is -1.63. The van der Waals surface area contributed by atoms with Gasteiger partial charge in [0.1, 0.15) is 0 Å². The van der Waals surface area contributed by atoms with E-state index >= 15 is 0 Å². The van der Waals surface area contributed by atoms with Crippen LogP contribution >= 0.6 is 11.6 Å². The van der Waals surface area contributed by atoms with Crippen LogP contribution in [0.4, 0.5) is 0 Å². The van der Waals surface area contributed by atoms with E-state index in [0.717, 1.165) is 17.9 Å². The largest absolute Gasteiger partial charge is 0.378 e. The summed E-state index contributed by atoms with van der Waals surface area (Å²) in [5.74, 6) is -0.0879. The van der Waals surface area contributed by atoms with Gasteiger partial charge in [0.05, 0.1) is 25.0 Å².